The maximum atomic E-state index is 13.5. The van der Waals surface area contributed by atoms with E-state index in [0.717, 1.165) is 48.6 Å². The number of aliphatic hydroxyl groups excluding tert-OH is 1. The van der Waals surface area contributed by atoms with Crippen molar-refractivity contribution in [1.29, 1.82) is 0 Å². The Kier molecular flexibility index (Phi) is 6.19. The molecule has 1 aliphatic heterocycles. The number of hydrogen-bond donors (Lipinski definition) is 2. The summed E-state index contributed by atoms with van der Waals surface area (Å²) in [5.41, 5.74) is 1.93. The highest BCUT2D eigenvalue weighted by atomic mass is 35.5. The molecular weight excluding hydrogens is 468 g/mol. The van der Waals surface area contributed by atoms with Crippen molar-refractivity contribution in [3.63, 3.8) is 0 Å². The van der Waals surface area contributed by atoms with Crippen molar-refractivity contribution in [2.45, 2.75) is 44.2 Å². The Labute approximate surface area is 208 Å². The molecule has 2 N–H and O–H groups in total. The van der Waals surface area contributed by atoms with Crippen LogP contribution in [0.15, 0.2) is 48.2 Å². The SMILES string of the molecule is COc1cc(/C(O)=C2\C(=O)C(=O)N(C3CCCCC3)C2c2c[nH]c3ccccc23)c(OC)cc1Cl. The third kappa shape index (κ3) is 3.84. The number of Topliss-reactive ketones (excluding diaryl/α,β-unsaturated/α-hetero) is 1. The van der Waals surface area contributed by atoms with E-state index in [9.17, 15) is 14.7 Å². The lowest BCUT2D eigenvalue weighted by Gasteiger charge is -2.35. The zero-order valence-corrected chi connectivity index (χ0v) is 20.4. The average molecular weight is 495 g/mol. The van der Waals surface area contributed by atoms with Crippen molar-refractivity contribution in [3.05, 3.63) is 64.3 Å². The molecule has 0 radical (unpaired) electrons. The zero-order valence-electron chi connectivity index (χ0n) is 19.6. The molecule has 0 spiro atoms. The quantitative estimate of drug-likeness (QED) is 0.274. The van der Waals surface area contributed by atoms with Gasteiger partial charge < -0.3 is 24.5 Å². The van der Waals surface area contributed by atoms with Gasteiger partial charge in [-0.15, -0.1) is 0 Å². The van der Waals surface area contributed by atoms with Crippen LogP contribution in [-0.2, 0) is 9.59 Å². The second-order valence-electron chi connectivity index (χ2n) is 8.97. The monoisotopic (exact) mass is 494 g/mol. The molecule has 1 saturated carbocycles. The summed E-state index contributed by atoms with van der Waals surface area (Å²) in [7, 11) is 2.91. The van der Waals surface area contributed by atoms with Crippen molar-refractivity contribution in [1.82, 2.24) is 9.88 Å². The molecule has 2 fully saturated rings. The molecule has 3 aromatic rings. The summed E-state index contributed by atoms with van der Waals surface area (Å²) in [5, 5.41) is 12.8. The van der Waals surface area contributed by atoms with Gasteiger partial charge in [-0.1, -0.05) is 49.1 Å². The Hall–Kier alpha value is -3.45. The van der Waals surface area contributed by atoms with Gasteiger partial charge in [0.1, 0.15) is 17.3 Å². The standard InChI is InChI=1S/C27H27ClN2O5/c1-34-21-13-19(28)22(35-2)12-17(21)25(31)23-24(18-14-29-20-11-7-6-10-16(18)20)30(27(33)26(23)32)15-8-4-3-5-9-15/h6-7,10-15,24,29,31H,3-5,8-9H2,1-2H3/b25-23+. The molecule has 2 heterocycles. The fourth-order valence-electron chi connectivity index (χ4n) is 5.40. The first kappa shape index (κ1) is 23.3. The van der Waals surface area contributed by atoms with Crippen LogP contribution >= 0.6 is 11.6 Å². The summed E-state index contributed by atoms with van der Waals surface area (Å²) in [6.45, 7) is 0. The summed E-state index contributed by atoms with van der Waals surface area (Å²) in [5.74, 6) is -1.02. The Balaban J connectivity index is 1.76. The van der Waals surface area contributed by atoms with Gasteiger partial charge in [0.05, 0.1) is 36.4 Å². The molecule has 1 amide bonds. The van der Waals surface area contributed by atoms with E-state index in [4.69, 9.17) is 21.1 Å². The number of benzene rings is 2. The summed E-state index contributed by atoms with van der Waals surface area (Å²) >= 11 is 6.26. The lowest BCUT2D eigenvalue weighted by Crippen LogP contribution is -2.40. The number of rotatable bonds is 5. The first-order valence-corrected chi connectivity index (χ1v) is 12.1. The third-order valence-corrected chi connectivity index (χ3v) is 7.39. The van der Waals surface area contributed by atoms with Crippen LogP contribution in [0.5, 0.6) is 11.5 Å². The van der Waals surface area contributed by atoms with E-state index in [-0.39, 0.29) is 28.7 Å². The predicted molar refractivity (Wildman–Crippen MR) is 134 cm³/mol. The van der Waals surface area contributed by atoms with Crippen LogP contribution in [0, 0.1) is 0 Å². The maximum Gasteiger partial charge on any atom is 0.295 e. The molecule has 2 aliphatic rings. The third-order valence-electron chi connectivity index (χ3n) is 7.09. The Morgan fingerprint density at radius 3 is 2.49 bits per heavy atom. The number of carbonyl (C=O) groups is 2. The molecular formula is C27H27ClN2O5. The normalized spacial score (nSPS) is 20.5. The number of ketones is 1. The molecule has 0 bridgehead atoms. The van der Waals surface area contributed by atoms with Gasteiger partial charge >= 0.3 is 0 Å². The molecule has 1 saturated heterocycles. The number of aromatic nitrogens is 1. The minimum atomic E-state index is -0.736. The minimum Gasteiger partial charge on any atom is -0.507 e. The predicted octanol–water partition coefficient (Wildman–Crippen LogP) is 5.59. The molecule has 182 valence electrons. The van der Waals surface area contributed by atoms with E-state index in [1.54, 1.807) is 4.90 Å². The van der Waals surface area contributed by atoms with Crippen LogP contribution < -0.4 is 9.47 Å². The van der Waals surface area contributed by atoms with Gasteiger partial charge in [-0.05, 0) is 25.0 Å². The van der Waals surface area contributed by atoms with Gasteiger partial charge in [-0.2, -0.15) is 0 Å². The molecule has 8 heteroatoms. The van der Waals surface area contributed by atoms with E-state index in [1.165, 1.54) is 26.4 Å². The van der Waals surface area contributed by atoms with E-state index < -0.39 is 17.7 Å². The number of nitrogens with zero attached hydrogens (tertiary/aromatic N) is 1. The van der Waals surface area contributed by atoms with E-state index >= 15 is 0 Å². The molecule has 1 unspecified atom stereocenters. The first-order chi connectivity index (χ1) is 17.0. The molecule has 2 aromatic carbocycles. The van der Waals surface area contributed by atoms with Gasteiger partial charge in [0.25, 0.3) is 11.7 Å². The summed E-state index contributed by atoms with van der Waals surface area (Å²) < 4.78 is 10.8. The number of H-pyrrole nitrogens is 1. The van der Waals surface area contributed by atoms with Crippen molar-refractivity contribution in [2.24, 2.45) is 0 Å². The summed E-state index contributed by atoms with van der Waals surface area (Å²) in [6.07, 6.45) is 6.57. The topological polar surface area (TPSA) is 91.9 Å². The number of halogens is 1. The molecule has 5 rings (SSSR count). The number of ether oxygens (including phenoxy) is 2. The number of para-hydroxylation sites is 1. The van der Waals surface area contributed by atoms with E-state index in [0.29, 0.717) is 10.8 Å². The number of hydrogen-bond acceptors (Lipinski definition) is 5. The number of methoxy groups -OCH3 is 2. The molecule has 35 heavy (non-hydrogen) atoms. The molecule has 1 aromatic heterocycles. The summed E-state index contributed by atoms with van der Waals surface area (Å²) in [6, 6.07) is 9.97. The second-order valence-corrected chi connectivity index (χ2v) is 9.38. The highest BCUT2D eigenvalue weighted by Crippen LogP contribution is 2.46. The number of fused-ring (bicyclic) bond motifs is 1. The van der Waals surface area contributed by atoms with Crippen LogP contribution in [0.1, 0.15) is 49.3 Å². The Morgan fingerprint density at radius 1 is 1.06 bits per heavy atom. The largest absolute Gasteiger partial charge is 0.507 e. The maximum absolute atomic E-state index is 13.5. The van der Waals surface area contributed by atoms with E-state index in [1.807, 2.05) is 30.5 Å². The Bertz CT molecular complexity index is 1340. The highest BCUT2D eigenvalue weighted by molar-refractivity contribution is 6.47. The number of amides is 1. The number of nitrogens with one attached hydrogen (secondary N) is 1. The number of aliphatic hydroxyl groups is 1. The van der Waals surface area contributed by atoms with Crippen molar-refractivity contribution in [3.8, 4) is 11.5 Å². The lowest BCUT2D eigenvalue weighted by atomic mass is 9.90. The number of aromatic amines is 1. The van der Waals surface area contributed by atoms with Crippen LogP contribution in [0.25, 0.3) is 16.7 Å². The fourth-order valence-corrected chi connectivity index (χ4v) is 5.63. The van der Waals surface area contributed by atoms with Crippen molar-refractivity contribution in [2.75, 3.05) is 14.2 Å². The fraction of sp³-hybridized carbons (Fsp3) is 0.333. The minimum absolute atomic E-state index is 0.0352. The summed E-state index contributed by atoms with van der Waals surface area (Å²) in [4.78, 5) is 31.9. The average Bonchev–Trinajstić information content (AvgIpc) is 3.42. The van der Waals surface area contributed by atoms with Crippen LogP contribution in [0.3, 0.4) is 0 Å². The van der Waals surface area contributed by atoms with Crippen LogP contribution in [0.4, 0.5) is 0 Å². The number of likely N-dealkylation sites (tertiary alicyclic amines) is 1. The smallest absolute Gasteiger partial charge is 0.295 e. The van der Waals surface area contributed by atoms with Gasteiger partial charge in [0.2, 0.25) is 0 Å². The highest BCUT2D eigenvalue weighted by Gasteiger charge is 2.49. The molecule has 1 atom stereocenters. The van der Waals surface area contributed by atoms with Crippen LogP contribution in [0.2, 0.25) is 5.02 Å². The first-order valence-electron chi connectivity index (χ1n) is 11.7. The van der Waals surface area contributed by atoms with Gasteiger partial charge in [0, 0.05) is 34.8 Å². The van der Waals surface area contributed by atoms with E-state index in [2.05, 4.69) is 4.98 Å². The van der Waals surface area contributed by atoms with Gasteiger partial charge in [-0.3, -0.25) is 9.59 Å². The van der Waals surface area contributed by atoms with Crippen molar-refractivity contribution < 1.29 is 24.2 Å². The second kappa shape index (κ2) is 9.30. The number of carbonyl (C=O) groups excluding carboxylic acids is 2. The van der Waals surface area contributed by atoms with Crippen molar-refractivity contribution >= 4 is 40.0 Å². The molecule has 7 nitrogen and oxygen atoms in total. The Morgan fingerprint density at radius 2 is 1.77 bits per heavy atom. The van der Waals surface area contributed by atoms with Gasteiger partial charge in [-0.25, -0.2) is 0 Å². The van der Waals surface area contributed by atoms with Gasteiger partial charge in [0.15, 0.2) is 0 Å². The lowest BCUT2D eigenvalue weighted by molar-refractivity contribution is -0.141. The van der Waals surface area contributed by atoms with Crippen LogP contribution in [-0.4, -0.2) is 46.9 Å². The zero-order chi connectivity index (χ0) is 24.7. The molecule has 1 aliphatic carbocycles.